The molecule has 0 saturated carbocycles. The van der Waals surface area contributed by atoms with Gasteiger partial charge in [0.15, 0.2) is 0 Å². The summed E-state index contributed by atoms with van der Waals surface area (Å²) in [6.07, 6.45) is 0.668. The third-order valence-corrected chi connectivity index (χ3v) is 4.49. The molecule has 0 aromatic heterocycles. The van der Waals surface area contributed by atoms with Crippen LogP contribution < -0.4 is 4.72 Å². The van der Waals surface area contributed by atoms with Gasteiger partial charge < -0.3 is 5.11 Å². The van der Waals surface area contributed by atoms with Gasteiger partial charge in [-0.05, 0) is 40.5 Å². The van der Waals surface area contributed by atoms with Gasteiger partial charge in [-0.2, -0.15) is 4.72 Å². The first-order valence-electron chi connectivity index (χ1n) is 5.48. The fraction of sp³-hybridized carbons (Fsp3) is 0.364. The summed E-state index contributed by atoms with van der Waals surface area (Å²) in [4.78, 5) is 10.6. The van der Waals surface area contributed by atoms with Crippen LogP contribution in [0.15, 0.2) is 27.6 Å². The monoisotopic (exact) mass is 353 g/mol. The van der Waals surface area contributed by atoms with Crippen LogP contribution in [-0.4, -0.2) is 25.5 Å². The molecule has 8 heteroatoms. The highest BCUT2D eigenvalue weighted by Crippen LogP contribution is 2.19. The highest BCUT2D eigenvalue weighted by atomic mass is 79.9. The summed E-state index contributed by atoms with van der Waals surface area (Å²) >= 11 is 2.91. The van der Waals surface area contributed by atoms with Crippen LogP contribution in [0.1, 0.15) is 19.8 Å². The van der Waals surface area contributed by atoms with Crippen LogP contribution in [0.4, 0.5) is 4.39 Å². The molecule has 19 heavy (non-hydrogen) atoms. The van der Waals surface area contributed by atoms with E-state index in [0.717, 1.165) is 6.07 Å². The molecule has 0 amide bonds. The van der Waals surface area contributed by atoms with E-state index in [2.05, 4.69) is 15.9 Å². The van der Waals surface area contributed by atoms with Crippen molar-refractivity contribution in [3.8, 4) is 0 Å². The van der Waals surface area contributed by atoms with Crippen molar-refractivity contribution in [1.82, 2.24) is 4.72 Å². The Hall–Kier alpha value is -0.990. The Morgan fingerprint density at radius 1 is 1.53 bits per heavy atom. The summed E-state index contributed by atoms with van der Waals surface area (Å²) < 4.78 is 39.3. The van der Waals surface area contributed by atoms with E-state index < -0.39 is 27.9 Å². The molecule has 0 unspecified atom stereocenters. The van der Waals surface area contributed by atoms with Crippen LogP contribution in [0.3, 0.4) is 0 Å². The molecule has 2 N–H and O–H groups in total. The summed E-state index contributed by atoms with van der Waals surface area (Å²) in [6, 6.07) is 2.05. The topological polar surface area (TPSA) is 83.5 Å². The number of carboxylic acids is 1. The molecule has 0 radical (unpaired) electrons. The first-order valence-corrected chi connectivity index (χ1v) is 7.75. The van der Waals surface area contributed by atoms with Crippen molar-refractivity contribution in [2.24, 2.45) is 0 Å². The maximum Gasteiger partial charge on any atom is 0.321 e. The summed E-state index contributed by atoms with van der Waals surface area (Å²) in [7, 11) is -4.06. The minimum absolute atomic E-state index is 0.134. The standard InChI is InChI=1S/C11H13BrFNO4S/c1-2-3-10(11(15)16)14-19(17,18)7-4-5-8(12)9(13)6-7/h4-6,10,14H,2-3H2,1H3,(H,15,16)/t10-/m0/s1. The molecule has 0 fully saturated rings. The Morgan fingerprint density at radius 3 is 2.63 bits per heavy atom. The van der Waals surface area contributed by atoms with Gasteiger partial charge in [0.1, 0.15) is 11.9 Å². The Balaban J connectivity index is 3.03. The molecule has 1 aromatic carbocycles. The largest absolute Gasteiger partial charge is 0.480 e. The fourth-order valence-corrected chi connectivity index (χ4v) is 2.90. The quantitative estimate of drug-likeness (QED) is 0.820. The summed E-state index contributed by atoms with van der Waals surface area (Å²) in [5.74, 6) is -1.99. The number of hydrogen-bond acceptors (Lipinski definition) is 3. The number of benzene rings is 1. The third kappa shape index (κ3) is 4.26. The summed E-state index contributed by atoms with van der Waals surface area (Å²) in [6.45, 7) is 1.74. The lowest BCUT2D eigenvalue weighted by molar-refractivity contribution is -0.139. The zero-order valence-electron chi connectivity index (χ0n) is 10.1. The van der Waals surface area contributed by atoms with Crippen LogP contribution in [0.5, 0.6) is 0 Å². The Kier molecular flexibility index (Phi) is 5.45. The molecule has 1 atom stereocenters. The number of carboxylic acid groups (broad SMARTS) is 1. The second kappa shape index (κ2) is 6.44. The second-order valence-corrected chi connectivity index (χ2v) is 6.45. The predicted octanol–water partition coefficient (Wildman–Crippen LogP) is 2.12. The van der Waals surface area contributed by atoms with Gasteiger partial charge >= 0.3 is 5.97 Å². The number of sulfonamides is 1. The summed E-state index contributed by atoms with van der Waals surface area (Å²) in [5.41, 5.74) is 0. The number of hydrogen-bond donors (Lipinski definition) is 2. The van der Waals surface area contributed by atoms with Crippen molar-refractivity contribution in [3.63, 3.8) is 0 Å². The maximum atomic E-state index is 13.3. The third-order valence-electron chi connectivity index (χ3n) is 2.37. The van der Waals surface area contributed by atoms with Crippen LogP contribution in [0.2, 0.25) is 0 Å². The summed E-state index contributed by atoms with van der Waals surface area (Å²) in [5, 5.41) is 8.90. The minimum atomic E-state index is -4.06. The van der Waals surface area contributed by atoms with Gasteiger partial charge in [-0.15, -0.1) is 0 Å². The average Bonchev–Trinajstić information content (AvgIpc) is 2.31. The highest BCUT2D eigenvalue weighted by molar-refractivity contribution is 9.10. The Bertz CT molecular complexity index is 576. The van der Waals surface area contributed by atoms with E-state index in [4.69, 9.17) is 5.11 Å². The smallest absolute Gasteiger partial charge is 0.321 e. The van der Waals surface area contributed by atoms with Gasteiger partial charge in [-0.1, -0.05) is 13.3 Å². The molecule has 0 aliphatic rings. The van der Waals surface area contributed by atoms with Crippen molar-refractivity contribution < 1.29 is 22.7 Å². The fourth-order valence-electron chi connectivity index (χ4n) is 1.42. The normalized spacial score (nSPS) is 13.2. The highest BCUT2D eigenvalue weighted by Gasteiger charge is 2.25. The number of rotatable bonds is 6. The van der Waals surface area contributed by atoms with Crippen LogP contribution in [-0.2, 0) is 14.8 Å². The van der Waals surface area contributed by atoms with Crippen LogP contribution in [0, 0.1) is 5.82 Å². The first kappa shape index (κ1) is 16.1. The van der Waals surface area contributed by atoms with Gasteiger partial charge in [0.25, 0.3) is 0 Å². The second-order valence-electron chi connectivity index (χ2n) is 3.88. The van der Waals surface area contributed by atoms with E-state index >= 15 is 0 Å². The zero-order chi connectivity index (χ0) is 14.6. The minimum Gasteiger partial charge on any atom is -0.480 e. The van der Waals surface area contributed by atoms with Gasteiger partial charge in [0, 0.05) is 0 Å². The lowest BCUT2D eigenvalue weighted by Gasteiger charge is -2.14. The van der Waals surface area contributed by atoms with Gasteiger partial charge in [0.05, 0.1) is 9.37 Å². The van der Waals surface area contributed by atoms with E-state index in [0.29, 0.717) is 6.42 Å². The van der Waals surface area contributed by atoms with E-state index in [1.165, 1.54) is 12.1 Å². The first-order chi connectivity index (χ1) is 8.77. The number of carbonyl (C=O) groups is 1. The van der Waals surface area contributed by atoms with Gasteiger partial charge in [-0.25, -0.2) is 12.8 Å². The molecule has 0 aliphatic carbocycles. The van der Waals surface area contributed by atoms with Crippen molar-refractivity contribution in [2.75, 3.05) is 0 Å². The lowest BCUT2D eigenvalue weighted by Crippen LogP contribution is -2.40. The molecule has 1 rings (SSSR count). The number of nitrogens with one attached hydrogen (secondary N) is 1. The zero-order valence-corrected chi connectivity index (χ0v) is 12.5. The van der Waals surface area contributed by atoms with E-state index in [-0.39, 0.29) is 15.8 Å². The Morgan fingerprint density at radius 2 is 2.16 bits per heavy atom. The number of halogens is 2. The molecule has 106 valence electrons. The molecule has 5 nitrogen and oxygen atoms in total. The SMILES string of the molecule is CCC[C@H](NS(=O)(=O)c1ccc(Br)c(F)c1)C(=O)O. The van der Waals surface area contributed by atoms with Crippen molar-refractivity contribution >= 4 is 31.9 Å². The van der Waals surface area contributed by atoms with E-state index in [9.17, 15) is 17.6 Å². The van der Waals surface area contributed by atoms with Gasteiger partial charge in [-0.3, -0.25) is 4.79 Å². The molecule has 0 heterocycles. The van der Waals surface area contributed by atoms with E-state index in [1.807, 2.05) is 4.72 Å². The molecule has 0 aliphatic heterocycles. The van der Waals surface area contributed by atoms with E-state index in [1.54, 1.807) is 6.92 Å². The average molecular weight is 354 g/mol. The predicted molar refractivity (Wildman–Crippen MR) is 70.8 cm³/mol. The lowest BCUT2D eigenvalue weighted by atomic mass is 10.2. The van der Waals surface area contributed by atoms with Crippen LogP contribution in [0.25, 0.3) is 0 Å². The molecular formula is C11H13BrFNO4S. The maximum absolute atomic E-state index is 13.3. The van der Waals surface area contributed by atoms with Crippen molar-refractivity contribution in [1.29, 1.82) is 0 Å². The molecule has 0 saturated heterocycles. The number of aliphatic carboxylic acids is 1. The molecule has 0 bridgehead atoms. The molecule has 1 aromatic rings. The van der Waals surface area contributed by atoms with Crippen LogP contribution >= 0.6 is 15.9 Å². The van der Waals surface area contributed by atoms with Crippen molar-refractivity contribution in [2.45, 2.75) is 30.7 Å². The van der Waals surface area contributed by atoms with Gasteiger partial charge in [0.2, 0.25) is 10.0 Å². The Labute approximate surface area is 119 Å². The molecule has 0 spiro atoms. The van der Waals surface area contributed by atoms with Crippen molar-refractivity contribution in [3.05, 3.63) is 28.5 Å². The molecular weight excluding hydrogens is 341 g/mol.